The summed E-state index contributed by atoms with van der Waals surface area (Å²) in [4.78, 5) is 8.65. The number of rotatable bonds is 4. The van der Waals surface area contributed by atoms with Crippen LogP contribution in [0.15, 0.2) is 34.9 Å². The van der Waals surface area contributed by atoms with Gasteiger partial charge in [-0.15, -0.1) is 0 Å². The first kappa shape index (κ1) is 12.7. The molecule has 2 aromatic heterocycles. The summed E-state index contributed by atoms with van der Waals surface area (Å²) < 4.78 is 4.93. The van der Waals surface area contributed by atoms with Crippen LogP contribution in [0.2, 0.25) is 0 Å². The summed E-state index contributed by atoms with van der Waals surface area (Å²) in [6.07, 6.45) is 0. The lowest BCUT2D eigenvalue weighted by Gasteiger charge is -2.05. The van der Waals surface area contributed by atoms with Crippen molar-refractivity contribution in [1.29, 1.82) is 0 Å². The molecule has 0 unspecified atom stereocenters. The maximum atomic E-state index is 4.93. The first-order valence-electron chi connectivity index (χ1n) is 6.57. The average molecular weight is 268 g/mol. The predicted molar refractivity (Wildman–Crippen MR) is 76.1 cm³/mol. The fourth-order valence-electron chi connectivity index (χ4n) is 2.12. The zero-order chi connectivity index (χ0) is 13.9. The lowest BCUT2D eigenvalue weighted by molar-refractivity contribution is 0.385. The summed E-state index contributed by atoms with van der Waals surface area (Å²) in [7, 11) is 0. The molecule has 1 aromatic carbocycles. The minimum absolute atomic E-state index is 0.592. The van der Waals surface area contributed by atoms with Crippen LogP contribution in [-0.2, 0) is 13.1 Å². The van der Waals surface area contributed by atoms with Crippen molar-refractivity contribution in [3.63, 3.8) is 0 Å². The smallest absolute Gasteiger partial charge is 0.223 e. The van der Waals surface area contributed by atoms with Crippen molar-refractivity contribution in [3.05, 3.63) is 53.3 Å². The highest BCUT2D eigenvalue weighted by Gasteiger charge is 2.02. The Labute approximate surface area is 117 Å². The molecule has 20 heavy (non-hydrogen) atoms. The fraction of sp³-hybridized carbons (Fsp3) is 0.267. The first-order chi connectivity index (χ1) is 9.70. The second-order valence-corrected chi connectivity index (χ2v) is 4.81. The lowest BCUT2D eigenvalue weighted by atomic mass is 10.1. The predicted octanol–water partition coefficient (Wildman–Crippen LogP) is 2.52. The van der Waals surface area contributed by atoms with Crippen LogP contribution < -0.4 is 5.32 Å². The number of hydrogen-bond acceptors (Lipinski definition) is 5. The van der Waals surface area contributed by atoms with Crippen molar-refractivity contribution >= 4 is 10.9 Å². The summed E-state index contributed by atoms with van der Waals surface area (Å²) in [6, 6.07) is 10.4. The largest absolute Gasteiger partial charge is 0.340 e. The molecule has 5 nitrogen and oxygen atoms in total. The third-order valence-corrected chi connectivity index (χ3v) is 3.07. The quantitative estimate of drug-likeness (QED) is 0.787. The molecule has 102 valence electrons. The molecule has 0 spiro atoms. The van der Waals surface area contributed by atoms with Crippen molar-refractivity contribution < 1.29 is 4.52 Å². The van der Waals surface area contributed by atoms with E-state index >= 15 is 0 Å². The summed E-state index contributed by atoms with van der Waals surface area (Å²) in [5.74, 6) is 1.27. The number of nitrogens with one attached hydrogen (secondary N) is 1. The minimum Gasteiger partial charge on any atom is -0.340 e. The Bertz CT molecular complexity index is 736. The minimum atomic E-state index is 0.592. The van der Waals surface area contributed by atoms with Gasteiger partial charge in [0.15, 0.2) is 5.82 Å². The normalized spacial score (nSPS) is 11.1. The molecule has 0 aliphatic heterocycles. The van der Waals surface area contributed by atoms with E-state index in [1.807, 2.05) is 13.0 Å². The van der Waals surface area contributed by atoms with Crippen LogP contribution in [0.4, 0.5) is 0 Å². The van der Waals surface area contributed by atoms with E-state index in [1.165, 1.54) is 5.56 Å². The second kappa shape index (κ2) is 5.38. The third kappa shape index (κ3) is 2.83. The van der Waals surface area contributed by atoms with Crippen LogP contribution in [0.3, 0.4) is 0 Å². The van der Waals surface area contributed by atoms with Crippen molar-refractivity contribution in [1.82, 2.24) is 20.4 Å². The molecule has 3 aromatic rings. The molecule has 0 atom stereocenters. The van der Waals surface area contributed by atoms with Gasteiger partial charge in [-0.2, -0.15) is 4.98 Å². The molecule has 0 aliphatic carbocycles. The molecule has 2 heterocycles. The van der Waals surface area contributed by atoms with Gasteiger partial charge >= 0.3 is 0 Å². The van der Waals surface area contributed by atoms with Gasteiger partial charge in [-0.05, 0) is 30.7 Å². The summed E-state index contributed by atoms with van der Waals surface area (Å²) >= 11 is 0. The Morgan fingerprint density at radius 3 is 2.75 bits per heavy atom. The first-order valence-corrected chi connectivity index (χ1v) is 6.57. The Morgan fingerprint density at radius 2 is 1.95 bits per heavy atom. The Balaban J connectivity index is 1.67. The van der Waals surface area contributed by atoms with Crippen LogP contribution in [0.5, 0.6) is 0 Å². The Morgan fingerprint density at radius 1 is 1.05 bits per heavy atom. The van der Waals surface area contributed by atoms with Crippen molar-refractivity contribution in [2.24, 2.45) is 0 Å². The highest BCUT2D eigenvalue weighted by Crippen LogP contribution is 2.14. The zero-order valence-corrected chi connectivity index (χ0v) is 11.6. The molecule has 0 amide bonds. The van der Waals surface area contributed by atoms with Gasteiger partial charge in [0, 0.05) is 24.5 Å². The third-order valence-electron chi connectivity index (χ3n) is 3.07. The van der Waals surface area contributed by atoms with Gasteiger partial charge in [-0.1, -0.05) is 17.3 Å². The molecule has 5 heteroatoms. The summed E-state index contributed by atoms with van der Waals surface area (Å²) in [5, 5.41) is 8.31. The standard InChI is InChI=1S/C15H16N4O/c1-10-3-5-13-7-12(4-6-14(13)17-10)8-16-9-15-18-11(2)20-19-15/h3-7,16H,8-9H2,1-2H3. The van der Waals surface area contributed by atoms with Gasteiger partial charge in [-0.25, -0.2) is 0 Å². The van der Waals surface area contributed by atoms with E-state index < -0.39 is 0 Å². The maximum absolute atomic E-state index is 4.93. The second-order valence-electron chi connectivity index (χ2n) is 4.81. The van der Waals surface area contributed by atoms with E-state index in [1.54, 1.807) is 6.92 Å². The van der Waals surface area contributed by atoms with Gasteiger partial charge in [0.2, 0.25) is 5.89 Å². The Kier molecular flexibility index (Phi) is 3.43. The highest BCUT2D eigenvalue weighted by molar-refractivity contribution is 5.79. The number of aromatic nitrogens is 3. The van der Waals surface area contributed by atoms with E-state index in [-0.39, 0.29) is 0 Å². The molecule has 0 aliphatic rings. The number of fused-ring (bicyclic) bond motifs is 1. The number of hydrogen-bond donors (Lipinski definition) is 1. The average Bonchev–Trinajstić information content (AvgIpc) is 2.85. The molecule has 1 N–H and O–H groups in total. The lowest BCUT2D eigenvalue weighted by Crippen LogP contribution is -2.13. The fourth-order valence-corrected chi connectivity index (χ4v) is 2.12. The molecule has 0 saturated carbocycles. The van der Waals surface area contributed by atoms with Crippen LogP contribution in [-0.4, -0.2) is 15.1 Å². The topological polar surface area (TPSA) is 63.8 Å². The van der Waals surface area contributed by atoms with E-state index in [0.29, 0.717) is 18.3 Å². The number of benzene rings is 1. The monoisotopic (exact) mass is 268 g/mol. The van der Waals surface area contributed by atoms with Crippen LogP contribution in [0, 0.1) is 13.8 Å². The number of aryl methyl sites for hydroxylation is 2. The van der Waals surface area contributed by atoms with E-state index in [4.69, 9.17) is 4.52 Å². The summed E-state index contributed by atoms with van der Waals surface area (Å²) in [5.41, 5.74) is 3.28. The van der Waals surface area contributed by atoms with Gasteiger partial charge in [0.1, 0.15) is 0 Å². The van der Waals surface area contributed by atoms with E-state index in [2.05, 4.69) is 44.7 Å². The highest BCUT2D eigenvalue weighted by atomic mass is 16.5. The van der Waals surface area contributed by atoms with Crippen molar-refractivity contribution in [2.75, 3.05) is 0 Å². The Hall–Kier alpha value is -2.27. The van der Waals surface area contributed by atoms with E-state index in [9.17, 15) is 0 Å². The summed E-state index contributed by atoms with van der Waals surface area (Å²) in [6.45, 7) is 5.15. The molecule has 3 rings (SSSR count). The van der Waals surface area contributed by atoms with Gasteiger partial charge in [0.05, 0.1) is 12.1 Å². The number of nitrogens with zero attached hydrogens (tertiary/aromatic N) is 3. The van der Waals surface area contributed by atoms with Gasteiger partial charge < -0.3 is 9.84 Å². The molecule has 0 saturated heterocycles. The van der Waals surface area contributed by atoms with Crippen molar-refractivity contribution in [2.45, 2.75) is 26.9 Å². The molecular formula is C15H16N4O. The zero-order valence-electron chi connectivity index (χ0n) is 11.6. The molecule has 0 bridgehead atoms. The van der Waals surface area contributed by atoms with Crippen LogP contribution >= 0.6 is 0 Å². The molecular weight excluding hydrogens is 252 g/mol. The van der Waals surface area contributed by atoms with E-state index in [0.717, 1.165) is 23.1 Å². The molecule has 0 fully saturated rings. The van der Waals surface area contributed by atoms with Gasteiger partial charge in [-0.3, -0.25) is 4.98 Å². The maximum Gasteiger partial charge on any atom is 0.223 e. The number of pyridine rings is 1. The van der Waals surface area contributed by atoms with Crippen LogP contribution in [0.25, 0.3) is 10.9 Å². The van der Waals surface area contributed by atoms with Crippen molar-refractivity contribution in [3.8, 4) is 0 Å². The molecule has 0 radical (unpaired) electrons. The van der Waals surface area contributed by atoms with Crippen LogP contribution in [0.1, 0.15) is 23.0 Å². The van der Waals surface area contributed by atoms with Gasteiger partial charge in [0.25, 0.3) is 0 Å². The SMILES string of the molecule is Cc1ccc2cc(CNCc3noc(C)n3)ccc2n1.